The Morgan fingerprint density at radius 3 is 2.25 bits per heavy atom. The number of benzene rings is 2. The summed E-state index contributed by atoms with van der Waals surface area (Å²) in [5.41, 5.74) is 2.57. The van der Waals surface area contributed by atoms with Crippen LogP contribution in [0.4, 0.5) is 13.2 Å². The van der Waals surface area contributed by atoms with Gasteiger partial charge in [-0.15, -0.1) is 0 Å². The van der Waals surface area contributed by atoms with E-state index in [4.69, 9.17) is 17.4 Å². The van der Waals surface area contributed by atoms with Crippen LogP contribution in [-0.2, 0) is 0 Å². The molecule has 2 rings (SSSR count). The minimum Gasteiger partial charge on any atom is -0.271 e. The molecule has 2 aromatic rings. The Morgan fingerprint density at radius 2 is 1.70 bits per heavy atom. The molecule has 0 amide bonds. The van der Waals surface area contributed by atoms with Crippen molar-refractivity contribution in [3.05, 3.63) is 68.4 Å². The van der Waals surface area contributed by atoms with E-state index in [1.54, 1.807) is 0 Å². The Hall–Kier alpha value is -1.08. The zero-order chi connectivity index (χ0) is 14.9. The van der Waals surface area contributed by atoms with Crippen molar-refractivity contribution in [3.63, 3.8) is 0 Å². The minimum atomic E-state index is -0.925. The van der Waals surface area contributed by atoms with E-state index in [0.29, 0.717) is 4.47 Å². The maximum absolute atomic E-state index is 14.1. The van der Waals surface area contributed by atoms with Crippen molar-refractivity contribution >= 4 is 27.5 Å². The molecule has 0 aliphatic rings. The summed E-state index contributed by atoms with van der Waals surface area (Å²) in [6, 6.07) is 4.90. The van der Waals surface area contributed by atoms with E-state index in [2.05, 4.69) is 21.4 Å². The van der Waals surface area contributed by atoms with Gasteiger partial charge in [0.25, 0.3) is 0 Å². The third kappa shape index (κ3) is 2.98. The number of hydrogen-bond donors (Lipinski definition) is 2. The molecule has 0 bridgehead atoms. The van der Waals surface area contributed by atoms with Gasteiger partial charge >= 0.3 is 0 Å². The number of halogens is 5. The Kier molecular flexibility index (Phi) is 4.70. The molecule has 0 aliphatic carbocycles. The first-order valence-corrected chi connectivity index (χ1v) is 6.66. The lowest BCUT2D eigenvalue weighted by Gasteiger charge is -2.18. The Labute approximate surface area is 126 Å². The summed E-state index contributed by atoms with van der Waals surface area (Å²) in [7, 11) is 0. The van der Waals surface area contributed by atoms with Crippen LogP contribution in [0.15, 0.2) is 34.8 Å². The third-order valence-corrected chi connectivity index (χ3v) is 4.02. The molecule has 106 valence electrons. The molecule has 0 saturated heterocycles. The molecule has 1 atom stereocenters. The molecule has 0 heterocycles. The second-order valence-corrected chi connectivity index (χ2v) is 5.30. The second-order valence-electron chi connectivity index (χ2n) is 4.07. The highest BCUT2D eigenvalue weighted by molar-refractivity contribution is 9.10. The number of nitrogens with one attached hydrogen (secondary N) is 1. The summed E-state index contributed by atoms with van der Waals surface area (Å²) in [6.45, 7) is 0. The van der Waals surface area contributed by atoms with Gasteiger partial charge in [0.15, 0.2) is 0 Å². The lowest BCUT2D eigenvalue weighted by atomic mass is 9.98. The van der Waals surface area contributed by atoms with Crippen LogP contribution in [-0.4, -0.2) is 0 Å². The van der Waals surface area contributed by atoms with Crippen LogP contribution in [0.5, 0.6) is 0 Å². The fourth-order valence-corrected chi connectivity index (χ4v) is 2.35. The number of hydrazine groups is 1. The smallest absolute Gasteiger partial charge is 0.148 e. The first-order valence-electron chi connectivity index (χ1n) is 5.49. The van der Waals surface area contributed by atoms with Gasteiger partial charge in [0.05, 0.1) is 11.1 Å². The molecular weight excluding hydrogens is 357 g/mol. The van der Waals surface area contributed by atoms with E-state index in [-0.39, 0.29) is 16.1 Å². The van der Waals surface area contributed by atoms with Crippen molar-refractivity contribution < 1.29 is 13.2 Å². The van der Waals surface area contributed by atoms with Crippen molar-refractivity contribution in [2.45, 2.75) is 6.04 Å². The Bertz CT molecular complexity index is 632. The molecule has 1 unspecified atom stereocenters. The first kappa shape index (κ1) is 15.3. The molecule has 0 aromatic heterocycles. The van der Waals surface area contributed by atoms with Crippen LogP contribution >= 0.6 is 27.5 Å². The van der Waals surface area contributed by atoms with E-state index >= 15 is 0 Å². The standard InChI is InChI=1S/C13H9BrClF3N2/c14-10-2-1-9(12(18)11(10)15)13(20-19)6-3-7(16)5-8(17)4-6/h1-5,13,20H,19H2. The highest BCUT2D eigenvalue weighted by Crippen LogP contribution is 2.33. The molecule has 3 N–H and O–H groups in total. The Morgan fingerprint density at radius 1 is 1.10 bits per heavy atom. The molecule has 20 heavy (non-hydrogen) atoms. The van der Waals surface area contributed by atoms with Gasteiger partial charge in [0, 0.05) is 16.1 Å². The monoisotopic (exact) mass is 364 g/mol. The number of hydrogen-bond acceptors (Lipinski definition) is 2. The van der Waals surface area contributed by atoms with Crippen LogP contribution in [0.2, 0.25) is 5.02 Å². The average molecular weight is 366 g/mol. The number of nitrogens with two attached hydrogens (primary N) is 1. The van der Waals surface area contributed by atoms with Gasteiger partial charge in [-0.25, -0.2) is 18.6 Å². The molecule has 0 aliphatic heterocycles. The lowest BCUT2D eigenvalue weighted by Crippen LogP contribution is -2.29. The van der Waals surface area contributed by atoms with Crippen molar-refractivity contribution in [3.8, 4) is 0 Å². The first-order chi connectivity index (χ1) is 9.43. The molecule has 0 fully saturated rings. The summed E-state index contributed by atoms with van der Waals surface area (Å²) in [5.74, 6) is 3.12. The summed E-state index contributed by atoms with van der Waals surface area (Å²) in [4.78, 5) is 0. The fourth-order valence-electron chi connectivity index (χ4n) is 1.87. The van der Waals surface area contributed by atoms with Gasteiger partial charge in [-0.3, -0.25) is 5.84 Å². The normalized spacial score (nSPS) is 12.5. The van der Waals surface area contributed by atoms with Crippen molar-refractivity contribution in [1.82, 2.24) is 5.43 Å². The van der Waals surface area contributed by atoms with Crippen molar-refractivity contribution in [2.75, 3.05) is 0 Å². The molecule has 2 nitrogen and oxygen atoms in total. The van der Waals surface area contributed by atoms with E-state index in [1.165, 1.54) is 12.1 Å². The average Bonchev–Trinajstić information content (AvgIpc) is 2.38. The van der Waals surface area contributed by atoms with Crippen LogP contribution in [0.3, 0.4) is 0 Å². The van der Waals surface area contributed by atoms with E-state index < -0.39 is 23.5 Å². The molecule has 7 heteroatoms. The summed E-state index contributed by atoms with van der Waals surface area (Å²) < 4.78 is 41.0. The quantitative estimate of drug-likeness (QED) is 0.489. The molecule has 0 saturated carbocycles. The number of rotatable bonds is 3. The third-order valence-electron chi connectivity index (χ3n) is 2.76. The van der Waals surface area contributed by atoms with Gasteiger partial charge in [-0.05, 0) is 39.7 Å². The molecule has 2 aromatic carbocycles. The van der Waals surface area contributed by atoms with Crippen LogP contribution < -0.4 is 11.3 Å². The van der Waals surface area contributed by atoms with Crippen molar-refractivity contribution in [2.24, 2.45) is 5.84 Å². The van der Waals surface area contributed by atoms with Crippen molar-refractivity contribution in [1.29, 1.82) is 0 Å². The summed E-state index contributed by atoms with van der Waals surface area (Å²) in [6.07, 6.45) is 0. The highest BCUT2D eigenvalue weighted by Gasteiger charge is 2.21. The lowest BCUT2D eigenvalue weighted by molar-refractivity contribution is 0.544. The Balaban J connectivity index is 2.55. The zero-order valence-corrected chi connectivity index (χ0v) is 12.3. The summed E-state index contributed by atoms with van der Waals surface area (Å²) in [5, 5.41) is -0.125. The molecule has 0 spiro atoms. The minimum absolute atomic E-state index is 0.0886. The largest absolute Gasteiger partial charge is 0.271 e. The topological polar surface area (TPSA) is 38.0 Å². The van der Waals surface area contributed by atoms with Gasteiger partial charge in [-0.2, -0.15) is 0 Å². The summed E-state index contributed by atoms with van der Waals surface area (Å²) >= 11 is 8.88. The molecule has 0 radical (unpaired) electrons. The SMILES string of the molecule is NNC(c1cc(F)cc(F)c1)c1ccc(Br)c(Cl)c1F. The predicted octanol–water partition coefficient (Wildman–Crippen LogP) is 4.07. The fraction of sp³-hybridized carbons (Fsp3) is 0.0769. The predicted molar refractivity (Wildman–Crippen MR) is 74.6 cm³/mol. The van der Waals surface area contributed by atoms with Gasteiger partial charge in [0.1, 0.15) is 17.5 Å². The second kappa shape index (κ2) is 6.13. The maximum atomic E-state index is 14.1. The van der Waals surface area contributed by atoms with E-state index in [9.17, 15) is 13.2 Å². The molecular formula is C13H9BrClF3N2. The zero-order valence-electron chi connectivity index (χ0n) is 9.93. The van der Waals surface area contributed by atoms with Gasteiger partial charge < -0.3 is 0 Å². The van der Waals surface area contributed by atoms with Crippen LogP contribution in [0.25, 0.3) is 0 Å². The van der Waals surface area contributed by atoms with E-state index in [1.807, 2.05) is 0 Å². The van der Waals surface area contributed by atoms with Gasteiger partial charge in [-0.1, -0.05) is 17.7 Å². The van der Waals surface area contributed by atoms with E-state index in [0.717, 1.165) is 18.2 Å². The van der Waals surface area contributed by atoms with Crippen LogP contribution in [0.1, 0.15) is 17.2 Å². The van der Waals surface area contributed by atoms with Gasteiger partial charge in [0.2, 0.25) is 0 Å². The highest BCUT2D eigenvalue weighted by atomic mass is 79.9. The maximum Gasteiger partial charge on any atom is 0.148 e. The van der Waals surface area contributed by atoms with Crippen LogP contribution in [0, 0.1) is 17.5 Å².